The quantitative estimate of drug-likeness (QED) is 0.802. The summed E-state index contributed by atoms with van der Waals surface area (Å²) >= 11 is 0. The van der Waals surface area contributed by atoms with Gasteiger partial charge >= 0.3 is 0 Å². The van der Waals surface area contributed by atoms with E-state index in [1.54, 1.807) is 24.3 Å². The Balaban J connectivity index is 2.20. The third-order valence-electron chi connectivity index (χ3n) is 2.53. The fourth-order valence-corrected chi connectivity index (χ4v) is 1.68. The van der Waals surface area contributed by atoms with Crippen molar-refractivity contribution in [3.63, 3.8) is 0 Å². The number of anilines is 1. The molecule has 0 atom stereocenters. The molecule has 0 radical (unpaired) electrons. The SMILES string of the molecule is CCNC(=O)c1ccc(N2C(=O)C=CC2=O)cc1. The van der Waals surface area contributed by atoms with Crippen LogP contribution in [0.3, 0.4) is 0 Å². The van der Waals surface area contributed by atoms with Crippen LogP contribution in [0, 0.1) is 0 Å². The molecule has 1 aliphatic rings. The summed E-state index contributed by atoms with van der Waals surface area (Å²) in [4.78, 5) is 35.5. The highest BCUT2D eigenvalue weighted by molar-refractivity contribution is 6.28. The van der Waals surface area contributed by atoms with Gasteiger partial charge in [0.05, 0.1) is 5.69 Å². The van der Waals surface area contributed by atoms with E-state index in [-0.39, 0.29) is 17.7 Å². The van der Waals surface area contributed by atoms with Crippen LogP contribution in [0.25, 0.3) is 0 Å². The van der Waals surface area contributed by atoms with Crippen molar-refractivity contribution in [2.75, 3.05) is 11.4 Å². The molecular weight excluding hydrogens is 232 g/mol. The smallest absolute Gasteiger partial charge is 0.258 e. The highest BCUT2D eigenvalue weighted by Gasteiger charge is 2.24. The molecule has 92 valence electrons. The third-order valence-corrected chi connectivity index (χ3v) is 2.53. The highest BCUT2D eigenvalue weighted by atomic mass is 16.2. The van der Waals surface area contributed by atoms with Gasteiger partial charge in [0.15, 0.2) is 0 Å². The maximum atomic E-state index is 11.5. The van der Waals surface area contributed by atoms with Gasteiger partial charge in [0.1, 0.15) is 0 Å². The predicted octanol–water partition coefficient (Wildman–Crippen LogP) is 0.866. The Labute approximate surface area is 104 Å². The van der Waals surface area contributed by atoms with Gasteiger partial charge in [0.25, 0.3) is 17.7 Å². The van der Waals surface area contributed by atoms with E-state index in [1.165, 1.54) is 12.2 Å². The van der Waals surface area contributed by atoms with E-state index in [2.05, 4.69) is 5.32 Å². The Kier molecular flexibility index (Phi) is 3.23. The molecule has 3 amide bonds. The van der Waals surface area contributed by atoms with Crippen molar-refractivity contribution in [2.24, 2.45) is 0 Å². The second-order valence-electron chi connectivity index (χ2n) is 3.75. The molecule has 0 saturated carbocycles. The number of hydrogen-bond acceptors (Lipinski definition) is 3. The fraction of sp³-hybridized carbons (Fsp3) is 0.154. The molecule has 0 aromatic heterocycles. The maximum Gasteiger partial charge on any atom is 0.258 e. The van der Waals surface area contributed by atoms with Crippen LogP contribution in [-0.2, 0) is 9.59 Å². The predicted molar refractivity (Wildman–Crippen MR) is 66.1 cm³/mol. The van der Waals surface area contributed by atoms with Crippen molar-refractivity contribution in [3.05, 3.63) is 42.0 Å². The maximum absolute atomic E-state index is 11.5. The lowest BCUT2D eigenvalue weighted by Gasteiger charge is -2.13. The van der Waals surface area contributed by atoms with Gasteiger partial charge in [0, 0.05) is 24.3 Å². The van der Waals surface area contributed by atoms with Crippen LogP contribution < -0.4 is 10.2 Å². The van der Waals surface area contributed by atoms with E-state index in [0.29, 0.717) is 17.8 Å². The van der Waals surface area contributed by atoms with Crippen LogP contribution >= 0.6 is 0 Å². The van der Waals surface area contributed by atoms with Gasteiger partial charge in [-0.05, 0) is 31.2 Å². The van der Waals surface area contributed by atoms with Gasteiger partial charge in [-0.1, -0.05) is 0 Å². The Morgan fingerprint density at radius 3 is 2.17 bits per heavy atom. The molecule has 18 heavy (non-hydrogen) atoms. The van der Waals surface area contributed by atoms with Gasteiger partial charge in [-0.15, -0.1) is 0 Å². The van der Waals surface area contributed by atoms with Crippen molar-refractivity contribution >= 4 is 23.4 Å². The van der Waals surface area contributed by atoms with Crippen LogP contribution in [-0.4, -0.2) is 24.3 Å². The highest BCUT2D eigenvalue weighted by Crippen LogP contribution is 2.19. The van der Waals surface area contributed by atoms with Gasteiger partial charge in [0.2, 0.25) is 0 Å². The topological polar surface area (TPSA) is 66.5 Å². The standard InChI is InChI=1S/C13H12N2O3/c1-2-14-13(18)9-3-5-10(6-4-9)15-11(16)7-8-12(15)17/h3-8H,2H2,1H3,(H,14,18). The first-order valence-electron chi connectivity index (χ1n) is 5.58. The molecule has 2 rings (SSSR count). The molecule has 0 aliphatic carbocycles. The molecule has 0 bridgehead atoms. The van der Waals surface area contributed by atoms with Crippen molar-refractivity contribution in [3.8, 4) is 0 Å². The van der Waals surface area contributed by atoms with Crippen LogP contribution in [0.4, 0.5) is 5.69 Å². The zero-order chi connectivity index (χ0) is 13.1. The first kappa shape index (κ1) is 12.0. The minimum Gasteiger partial charge on any atom is -0.352 e. The molecule has 0 fully saturated rings. The van der Waals surface area contributed by atoms with Gasteiger partial charge in [-0.2, -0.15) is 0 Å². The van der Waals surface area contributed by atoms with Crippen LogP contribution in [0.2, 0.25) is 0 Å². The minimum absolute atomic E-state index is 0.179. The molecule has 0 saturated heterocycles. The third kappa shape index (κ3) is 2.15. The number of carbonyl (C=O) groups excluding carboxylic acids is 3. The first-order chi connectivity index (χ1) is 8.63. The second-order valence-corrected chi connectivity index (χ2v) is 3.75. The first-order valence-corrected chi connectivity index (χ1v) is 5.58. The van der Waals surface area contributed by atoms with Crippen LogP contribution in [0.5, 0.6) is 0 Å². The molecule has 1 aromatic rings. The summed E-state index contributed by atoms with van der Waals surface area (Å²) in [5, 5.41) is 2.67. The molecule has 1 N–H and O–H groups in total. The molecule has 0 spiro atoms. The number of amides is 3. The van der Waals surface area contributed by atoms with Crippen LogP contribution in [0.1, 0.15) is 17.3 Å². The number of carbonyl (C=O) groups is 3. The number of hydrogen-bond donors (Lipinski definition) is 1. The molecular formula is C13H12N2O3. The molecule has 1 aromatic carbocycles. The minimum atomic E-state index is -0.370. The number of rotatable bonds is 3. The largest absolute Gasteiger partial charge is 0.352 e. The van der Waals surface area contributed by atoms with E-state index in [0.717, 1.165) is 4.90 Å². The Hall–Kier alpha value is -2.43. The normalized spacial score (nSPS) is 14.2. The molecule has 1 aliphatic heterocycles. The van der Waals surface area contributed by atoms with E-state index in [1.807, 2.05) is 6.92 Å². The van der Waals surface area contributed by atoms with Crippen molar-refractivity contribution in [2.45, 2.75) is 6.92 Å². The molecule has 1 heterocycles. The summed E-state index contributed by atoms with van der Waals surface area (Å²) in [6.07, 6.45) is 2.44. The van der Waals surface area contributed by atoms with E-state index < -0.39 is 0 Å². The monoisotopic (exact) mass is 244 g/mol. The van der Waals surface area contributed by atoms with Gasteiger partial charge in [-0.3, -0.25) is 14.4 Å². The lowest BCUT2D eigenvalue weighted by Crippen LogP contribution is -2.29. The average molecular weight is 244 g/mol. The lowest BCUT2D eigenvalue weighted by atomic mass is 10.2. The van der Waals surface area contributed by atoms with E-state index in [9.17, 15) is 14.4 Å². The number of nitrogens with one attached hydrogen (secondary N) is 1. The van der Waals surface area contributed by atoms with Crippen molar-refractivity contribution in [1.29, 1.82) is 0 Å². The molecule has 0 unspecified atom stereocenters. The van der Waals surface area contributed by atoms with E-state index in [4.69, 9.17) is 0 Å². The van der Waals surface area contributed by atoms with Crippen molar-refractivity contribution < 1.29 is 14.4 Å². The number of nitrogens with zero attached hydrogens (tertiary/aromatic N) is 1. The zero-order valence-corrected chi connectivity index (χ0v) is 9.84. The number of benzene rings is 1. The lowest BCUT2D eigenvalue weighted by molar-refractivity contribution is -0.119. The second kappa shape index (κ2) is 4.83. The molecule has 5 nitrogen and oxygen atoms in total. The summed E-state index contributed by atoms with van der Waals surface area (Å²) in [7, 11) is 0. The summed E-state index contributed by atoms with van der Waals surface area (Å²) in [5.74, 6) is -0.919. The average Bonchev–Trinajstić information content (AvgIpc) is 2.70. The van der Waals surface area contributed by atoms with Gasteiger partial charge < -0.3 is 5.32 Å². The summed E-state index contributed by atoms with van der Waals surface area (Å²) in [6.45, 7) is 2.38. The summed E-state index contributed by atoms with van der Waals surface area (Å²) in [6, 6.07) is 6.32. The molecule has 5 heteroatoms. The summed E-state index contributed by atoms with van der Waals surface area (Å²) in [5.41, 5.74) is 0.954. The van der Waals surface area contributed by atoms with Crippen molar-refractivity contribution in [1.82, 2.24) is 5.32 Å². The fourth-order valence-electron chi connectivity index (χ4n) is 1.68. The van der Waals surface area contributed by atoms with E-state index >= 15 is 0 Å². The Morgan fingerprint density at radius 1 is 1.11 bits per heavy atom. The van der Waals surface area contributed by atoms with Gasteiger partial charge in [-0.25, -0.2) is 4.90 Å². The van der Waals surface area contributed by atoms with Crippen LogP contribution in [0.15, 0.2) is 36.4 Å². The number of imide groups is 1. The zero-order valence-electron chi connectivity index (χ0n) is 9.84. The summed E-state index contributed by atoms with van der Waals surface area (Å²) < 4.78 is 0. The Bertz CT molecular complexity index is 514. The Morgan fingerprint density at radius 2 is 1.67 bits per heavy atom.